The number of alkyl carbamates (subject to hydrolysis) is 1. The van der Waals surface area contributed by atoms with Gasteiger partial charge in [0.25, 0.3) is 5.89 Å². The molecule has 2 heterocycles. The standard InChI is InChI=1S/C26H32N4O6/c1-24(2,3)35-21(32)17-13-18(27-19(31)14-17)20-29-30-22(34-20)26(7,15-16-11-9-8-10-12-16)28-23(33)36-25(4,5)6/h8-14H,15H2,1-7H3,(H,27,31)(H,28,33). The summed E-state index contributed by atoms with van der Waals surface area (Å²) < 4.78 is 16.7. The van der Waals surface area contributed by atoms with Crippen molar-refractivity contribution in [3.63, 3.8) is 0 Å². The second-order valence-corrected chi connectivity index (χ2v) is 10.7. The summed E-state index contributed by atoms with van der Waals surface area (Å²) in [7, 11) is 0. The van der Waals surface area contributed by atoms with Crippen LogP contribution >= 0.6 is 0 Å². The fourth-order valence-corrected chi connectivity index (χ4v) is 3.37. The van der Waals surface area contributed by atoms with E-state index in [1.165, 1.54) is 6.07 Å². The monoisotopic (exact) mass is 496 g/mol. The van der Waals surface area contributed by atoms with E-state index >= 15 is 0 Å². The van der Waals surface area contributed by atoms with Gasteiger partial charge >= 0.3 is 12.1 Å². The van der Waals surface area contributed by atoms with Crippen LogP contribution in [0.5, 0.6) is 0 Å². The van der Waals surface area contributed by atoms with E-state index in [0.717, 1.165) is 11.6 Å². The van der Waals surface area contributed by atoms with Crippen molar-refractivity contribution in [1.82, 2.24) is 20.5 Å². The zero-order valence-corrected chi connectivity index (χ0v) is 21.6. The molecule has 10 nitrogen and oxygen atoms in total. The van der Waals surface area contributed by atoms with Gasteiger partial charge in [0.05, 0.1) is 5.56 Å². The van der Waals surface area contributed by atoms with E-state index in [4.69, 9.17) is 13.9 Å². The van der Waals surface area contributed by atoms with Gasteiger partial charge in [0.1, 0.15) is 22.4 Å². The highest BCUT2D eigenvalue weighted by atomic mass is 16.6. The molecule has 2 N–H and O–H groups in total. The van der Waals surface area contributed by atoms with Crippen LogP contribution in [-0.4, -0.2) is 38.4 Å². The first-order valence-corrected chi connectivity index (χ1v) is 11.5. The van der Waals surface area contributed by atoms with Crippen LogP contribution in [0.2, 0.25) is 0 Å². The van der Waals surface area contributed by atoms with Crippen LogP contribution in [0.15, 0.2) is 51.7 Å². The average molecular weight is 497 g/mol. The highest BCUT2D eigenvalue weighted by Gasteiger charge is 2.37. The van der Waals surface area contributed by atoms with Gasteiger partial charge in [0, 0.05) is 12.5 Å². The number of aromatic amines is 1. The van der Waals surface area contributed by atoms with E-state index in [-0.39, 0.29) is 23.0 Å². The largest absolute Gasteiger partial charge is 0.456 e. The van der Waals surface area contributed by atoms with Gasteiger partial charge in [-0.25, -0.2) is 9.59 Å². The molecule has 0 aliphatic carbocycles. The molecule has 36 heavy (non-hydrogen) atoms. The Morgan fingerprint density at radius 2 is 1.58 bits per heavy atom. The number of H-pyrrole nitrogens is 1. The molecule has 0 aliphatic rings. The minimum absolute atomic E-state index is 0.0298. The maximum Gasteiger partial charge on any atom is 0.408 e. The lowest BCUT2D eigenvalue weighted by Crippen LogP contribution is -2.47. The van der Waals surface area contributed by atoms with Crippen molar-refractivity contribution in [3.05, 3.63) is 69.8 Å². The van der Waals surface area contributed by atoms with Crippen LogP contribution in [0.4, 0.5) is 4.79 Å². The number of hydrogen-bond donors (Lipinski definition) is 2. The lowest BCUT2D eigenvalue weighted by atomic mass is 9.92. The van der Waals surface area contributed by atoms with Crippen LogP contribution in [-0.2, 0) is 21.4 Å². The summed E-state index contributed by atoms with van der Waals surface area (Å²) in [6.45, 7) is 12.2. The Bertz CT molecular complexity index is 1280. The smallest absolute Gasteiger partial charge is 0.408 e. The van der Waals surface area contributed by atoms with Gasteiger partial charge in [-0.2, -0.15) is 0 Å². The second kappa shape index (κ2) is 9.96. The van der Waals surface area contributed by atoms with Crippen molar-refractivity contribution >= 4 is 12.1 Å². The van der Waals surface area contributed by atoms with Gasteiger partial charge in [-0.15, -0.1) is 10.2 Å². The maximum absolute atomic E-state index is 12.7. The number of benzene rings is 1. The molecule has 0 spiro atoms. The molecule has 0 saturated carbocycles. The predicted molar refractivity (Wildman–Crippen MR) is 132 cm³/mol. The summed E-state index contributed by atoms with van der Waals surface area (Å²) in [6, 6.07) is 12.0. The van der Waals surface area contributed by atoms with E-state index in [2.05, 4.69) is 20.5 Å². The van der Waals surface area contributed by atoms with Gasteiger partial charge in [-0.1, -0.05) is 30.3 Å². The lowest BCUT2D eigenvalue weighted by Gasteiger charge is -2.29. The highest BCUT2D eigenvalue weighted by Crippen LogP contribution is 2.28. The number of ether oxygens (including phenoxy) is 2. The minimum Gasteiger partial charge on any atom is -0.456 e. The number of nitrogens with one attached hydrogen (secondary N) is 2. The van der Waals surface area contributed by atoms with Crippen LogP contribution in [0.1, 0.15) is 70.3 Å². The van der Waals surface area contributed by atoms with Crippen molar-refractivity contribution < 1.29 is 23.5 Å². The Labute approximate surface area is 209 Å². The number of esters is 1. The van der Waals surface area contributed by atoms with Gasteiger partial charge in [-0.3, -0.25) is 4.79 Å². The van der Waals surface area contributed by atoms with Crippen LogP contribution < -0.4 is 10.9 Å². The zero-order valence-electron chi connectivity index (χ0n) is 21.6. The SMILES string of the molecule is CC(C)(C)OC(=O)NC(C)(Cc1ccccc1)c1nnc(-c2cc(C(=O)OC(C)(C)C)cc(=O)[nH]2)o1. The molecular formula is C26H32N4O6. The number of carbonyl (C=O) groups is 2. The first-order valence-electron chi connectivity index (χ1n) is 11.5. The molecule has 0 fully saturated rings. The third-order valence-corrected chi connectivity index (χ3v) is 4.78. The summed E-state index contributed by atoms with van der Waals surface area (Å²) in [5, 5.41) is 11.1. The minimum atomic E-state index is -1.14. The molecule has 2 aromatic heterocycles. The van der Waals surface area contributed by atoms with Crippen molar-refractivity contribution in [2.75, 3.05) is 0 Å². The third-order valence-electron chi connectivity index (χ3n) is 4.78. The summed E-state index contributed by atoms with van der Waals surface area (Å²) >= 11 is 0. The molecule has 1 atom stereocenters. The summed E-state index contributed by atoms with van der Waals surface area (Å²) in [6.07, 6.45) is -0.329. The molecule has 10 heteroatoms. The van der Waals surface area contributed by atoms with Gasteiger partial charge in [0.2, 0.25) is 11.4 Å². The average Bonchev–Trinajstić information content (AvgIpc) is 3.22. The molecule has 1 unspecified atom stereocenters. The number of rotatable bonds is 6. The number of pyridine rings is 1. The Balaban J connectivity index is 1.97. The molecule has 1 aromatic carbocycles. The maximum atomic E-state index is 12.7. The summed E-state index contributed by atoms with van der Waals surface area (Å²) in [4.78, 5) is 40.0. The van der Waals surface area contributed by atoms with E-state index < -0.39 is 34.4 Å². The summed E-state index contributed by atoms with van der Waals surface area (Å²) in [5.74, 6) is -0.594. The Hall–Kier alpha value is -3.95. The number of aromatic nitrogens is 3. The second-order valence-electron chi connectivity index (χ2n) is 10.7. The van der Waals surface area contributed by atoms with Crippen molar-refractivity contribution in [3.8, 4) is 11.6 Å². The molecular weight excluding hydrogens is 464 g/mol. The first kappa shape index (κ1) is 26.7. The fraction of sp³-hybridized carbons (Fsp3) is 0.423. The van der Waals surface area contributed by atoms with E-state index in [1.54, 1.807) is 48.5 Å². The van der Waals surface area contributed by atoms with Crippen molar-refractivity contribution in [2.45, 2.75) is 71.6 Å². The molecule has 3 rings (SSSR count). The number of amides is 1. The topological polar surface area (TPSA) is 136 Å². The summed E-state index contributed by atoms with van der Waals surface area (Å²) in [5.41, 5.74) is -2.02. The number of carbonyl (C=O) groups excluding carboxylic acids is 2. The molecule has 0 radical (unpaired) electrons. The van der Waals surface area contributed by atoms with Gasteiger partial charge in [0.15, 0.2) is 0 Å². The molecule has 1 amide bonds. The van der Waals surface area contributed by atoms with Crippen LogP contribution in [0, 0.1) is 0 Å². The van der Waals surface area contributed by atoms with Crippen molar-refractivity contribution in [1.29, 1.82) is 0 Å². The normalized spacial score (nSPS) is 13.5. The van der Waals surface area contributed by atoms with E-state index in [9.17, 15) is 14.4 Å². The highest BCUT2D eigenvalue weighted by molar-refractivity contribution is 5.90. The quantitative estimate of drug-likeness (QED) is 0.480. The number of hydrogen-bond acceptors (Lipinski definition) is 8. The van der Waals surface area contributed by atoms with Crippen LogP contribution in [0.25, 0.3) is 11.6 Å². The zero-order chi connectivity index (χ0) is 26.7. The third kappa shape index (κ3) is 7.27. The molecule has 0 bridgehead atoms. The van der Waals surface area contributed by atoms with E-state index in [1.807, 2.05) is 30.3 Å². The Morgan fingerprint density at radius 1 is 0.944 bits per heavy atom. The lowest BCUT2D eigenvalue weighted by molar-refractivity contribution is 0.00688. The van der Waals surface area contributed by atoms with E-state index in [0.29, 0.717) is 6.42 Å². The fourth-order valence-electron chi connectivity index (χ4n) is 3.37. The molecule has 192 valence electrons. The van der Waals surface area contributed by atoms with Crippen LogP contribution in [0.3, 0.4) is 0 Å². The predicted octanol–water partition coefficient (Wildman–Crippen LogP) is 4.36. The van der Waals surface area contributed by atoms with Crippen molar-refractivity contribution in [2.24, 2.45) is 0 Å². The van der Waals surface area contributed by atoms with Gasteiger partial charge < -0.3 is 24.2 Å². The van der Waals surface area contributed by atoms with Gasteiger partial charge in [-0.05, 0) is 60.1 Å². The molecule has 3 aromatic rings. The molecule has 0 aliphatic heterocycles. The first-order chi connectivity index (χ1) is 16.6. The molecule has 0 saturated heterocycles. The Morgan fingerprint density at radius 3 is 2.19 bits per heavy atom. The number of nitrogens with zero attached hydrogens (tertiary/aromatic N) is 2. The Kier molecular flexibility index (Phi) is 7.38.